The Morgan fingerprint density at radius 1 is 0.462 bits per heavy atom. The van der Waals surface area contributed by atoms with Gasteiger partial charge in [0.1, 0.15) is 5.92 Å². The van der Waals surface area contributed by atoms with E-state index in [1.165, 1.54) is 0 Å². The number of alkyl halides is 9. The van der Waals surface area contributed by atoms with E-state index >= 15 is 0 Å². The third-order valence-electron chi connectivity index (χ3n) is 0.850. The molecule has 0 unspecified atom stereocenters. The van der Waals surface area contributed by atoms with Crippen molar-refractivity contribution in [2.75, 3.05) is 0 Å². The normalized spacial score (nSPS) is 15.2. The van der Waals surface area contributed by atoms with Crippen molar-refractivity contribution in [3.8, 4) is 0 Å². The number of hydrogen-bond acceptors (Lipinski definition) is 0. The van der Waals surface area contributed by atoms with Crippen molar-refractivity contribution >= 4 is 104 Å². The molecule has 0 aliphatic heterocycles. The van der Waals surface area contributed by atoms with Gasteiger partial charge in [0.2, 0.25) is 11.4 Å². The summed E-state index contributed by atoms with van der Waals surface area (Å²) in [5.74, 6) is -0.465. The molecular formula is C4Cl9. The van der Waals surface area contributed by atoms with Gasteiger partial charge in [-0.05, 0) is 0 Å². The van der Waals surface area contributed by atoms with E-state index in [1.54, 1.807) is 0 Å². The summed E-state index contributed by atoms with van der Waals surface area (Å²) in [6.45, 7) is 0. The molecule has 0 bridgehead atoms. The summed E-state index contributed by atoms with van der Waals surface area (Å²) in [7, 11) is 0. The van der Waals surface area contributed by atoms with Crippen LogP contribution in [0.5, 0.6) is 0 Å². The summed E-state index contributed by atoms with van der Waals surface area (Å²) in [4.78, 5) is 0. The molecule has 0 atom stereocenters. The molecule has 0 aromatic rings. The lowest BCUT2D eigenvalue weighted by Gasteiger charge is -2.34. The molecule has 0 N–H and O–H groups in total. The van der Waals surface area contributed by atoms with Crippen LogP contribution in [-0.2, 0) is 0 Å². The Kier molecular flexibility index (Phi) is 5.83. The molecule has 0 saturated heterocycles. The molecule has 0 rings (SSSR count). The van der Waals surface area contributed by atoms with Crippen LogP contribution in [0.2, 0.25) is 0 Å². The molecule has 9 heteroatoms. The van der Waals surface area contributed by atoms with Gasteiger partial charge in [0.15, 0.2) is 0 Å². The lowest BCUT2D eigenvalue weighted by molar-refractivity contribution is 0.868. The minimum atomic E-state index is -2.07. The SMILES string of the molecule is ClC(Cl)(Cl)[C](C(Cl)(Cl)Cl)C(Cl)(Cl)Cl. The molecule has 0 fully saturated rings. The second-order valence-electron chi connectivity index (χ2n) is 1.87. The third kappa shape index (κ3) is 5.47. The molecule has 79 valence electrons. The van der Waals surface area contributed by atoms with Crippen LogP contribution in [0.25, 0.3) is 0 Å². The van der Waals surface area contributed by atoms with Gasteiger partial charge >= 0.3 is 0 Å². The first kappa shape index (κ1) is 15.6. The van der Waals surface area contributed by atoms with Gasteiger partial charge in [-0.1, -0.05) is 104 Å². The average Bonchev–Trinajstić information content (AvgIpc) is 1.44. The number of hydrogen-bond donors (Lipinski definition) is 0. The Balaban J connectivity index is 5.02. The quantitative estimate of drug-likeness (QED) is 0.484. The topological polar surface area (TPSA) is 0 Å². The first-order valence-electron chi connectivity index (χ1n) is 2.45. The molecule has 0 heterocycles. The maximum atomic E-state index is 5.46. The van der Waals surface area contributed by atoms with Crippen LogP contribution in [0.15, 0.2) is 0 Å². The summed E-state index contributed by atoms with van der Waals surface area (Å²) >= 11 is 49.1. The minimum Gasteiger partial charge on any atom is -0.0827 e. The predicted octanol–water partition coefficient (Wildman–Crippen LogP) is 5.67. The highest BCUT2D eigenvalue weighted by Gasteiger charge is 2.57. The van der Waals surface area contributed by atoms with Crippen molar-refractivity contribution in [1.29, 1.82) is 0 Å². The molecule has 1 radical (unpaired) electrons. The van der Waals surface area contributed by atoms with E-state index in [2.05, 4.69) is 0 Å². The maximum Gasteiger partial charge on any atom is 0.205 e. The van der Waals surface area contributed by atoms with Crippen LogP contribution in [0, 0.1) is 5.92 Å². The van der Waals surface area contributed by atoms with Gasteiger partial charge in [-0.15, -0.1) is 0 Å². The molecular weight excluding hydrogens is 367 g/mol. The van der Waals surface area contributed by atoms with Gasteiger partial charge in [-0.25, -0.2) is 0 Å². The van der Waals surface area contributed by atoms with E-state index < -0.39 is 17.3 Å². The van der Waals surface area contributed by atoms with Crippen molar-refractivity contribution in [2.45, 2.75) is 11.4 Å². The zero-order valence-corrected chi connectivity index (χ0v) is 12.2. The largest absolute Gasteiger partial charge is 0.205 e. The highest BCUT2D eigenvalue weighted by atomic mass is 35.6. The maximum absolute atomic E-state index is 5.46. The van der Waals surface area contributed by atoms with Crippen LogP contribution in [0.3, 0.4) is 0 Å². The highest BCUT2D eigenvalue weighted by Crippen LogP contribution is 2.59. The Morgan fingerprint density at radius 3 is 0.615 bits per heavy atom. The lowest BCUT2D eigenvalue weighted by atomic mass is 10.2. The van der Waals surface area contributed by atoms with Crippen LogP contribution in [0.4, 0.5) is 0 Å². The third-order valence-corrected chi connectivity index (χ3v) is 2.55. The van der Waals surface area contributed by atoms with Crippen LogP contribution >= 0.6 is 104 Å². The molecule has 13 heavy (non-hydrogen) atoms. The summed E-state index contributed by atoms with van der Waals surface area (Å²) in [5, 5.41) is 0. The van der Waals surface area contributed by atoms with Gasteiger partial charge in [-0.3, -0.25) is 0 Å². The van der Waals surface area contributed by atoms with E-state index in [-0.39, 0.29) is 0 Å². The zero-order chi connectivity index (χ0) is 11.1. The minimum absolute atomic E-state index is 0.465. The summed E-state index contributed by atoms with van der Waals surface area (Å²) in [6.07, 6.45) is 0. The zero-order valence-electron chi connectivity index (χ0n) is 5.40. The van der Waals surface area contributed by atoms with Gasteiger partial charge in [0, 0.05) is 0 Å². The highest BCUT2D eigenvalue weighted by molar-refractivity contribution is 6.80. The fraction of sp³-hybridized carbons (Fsp3) is 0.750. The van der Waals surface area contributed by atoms with Crippen LogP contribution < -0.4 is 0 Å². The van der Waals surface area contributed by atoms with Crippen LogP contribution in [-0.4, -0.2) is 11.4 Å². The van der Waals surface area contributed by atoms with Crippen molar-refractivity contribution in [3.05, 3.63) is 5.92 Å². The second kappa shape index (κ2) is 4.85. The Hall–Kier alpha value is 2.61. The predicted molar refractivity (Wildman–Crippen MR) is 64.1 cm³/mol. The average molecular weight is 367 g/mol. The molecule has 0 saturated carbocycles. The van der Waals surface area contributed by atoms with E-state index in [4.69, 9.17) is 104 Å². The van der Waals surface area contributed by atoms with E-state index in [0.29, 0.717) is 0 Å². The Morgan fingerprint density at radius 2 is 0.615 bits per heavy atom. The van der Waals surface area contributed by atoms with E-state index in [1.807, 2.05) is 0 Å². The van der Waals surface area contributed by atoms with Gasteiger partial charge in [0.05, 0.1) is 0 Å². The Labute approximate surface area is 121 Å². The van der Waals surface area contributed by atoms with E-state index in [0.717, 1.165) is 0 Å². The molecule has 0 aliphatic carbocycles. The standard InChI is InChI=1S/C4Cl9/c5-2(6,7)1(3(8,9)10)4(11,12)13. The first-order chi connectivity index (χ1) is 5.37. The first-order valence-corrected chi connectivity index (χ1v) is 5.85. The molecule has 0 nitrogen and oxygen atoms in total. The van der Waals surface area contributed by atoms with Crippen LogP contribution in [0.1, 0.15) is 0 Å². The molecule has 0 aliphatic rings. The summed E-state index contributed by atoms with van der Waals surface area (Å²) in [5.41, 5.74) is 0. The smallest absolute Gasteiger partial charge is 0.0827 e. The van der Waals surface area contributed by atoms with Crippen molar-refractivity contribution < 1.29 is 0 Å². The van der Waals surface area contributed by atoms with Crippen molar-refractivity contribution in [1.82, 2.24) is 0 Å². The fourth-order valence-electron chi connectivity index (χ4n) is 0.482. The van der Waals surface area contributed by atoms with Crippen molar-refractivity contribution in [2.24, 2.45) is 0 Å². The summed E-state index contributed by atoms with van der Waals surface area (Å²) < 4.78 is -6.22. The second-order valence-corrected chi connectivity index (χ2v) is 8.71. The number of halogens is 9. The monoisotopic (exact) mass is 363 g/mol. The van der Waals surface area contributed by atoms with Gasteiger partial charge in [0.25, 0.3) is 0 Å². The van der Waals surface area contributed by atoms with Gasteiger partial charge in [-0.2, -0.15) is 0 Å². The lowest BCUT2D eigenvalue weighted by Crippen LogP contribution is -2.39. The summed E-state index contributed by atoms with van der Waals surface area (Å²) in [6, 6.07) is 0. The molecule has 0 spiro atoms. The number of rotatable bonds is 0. The van der Waals surface area contributed by atoms with E-state index in [9.17, 15) is 0 Å². The molecule has 0 aromatic carbocycles. The molecule has 0 aromatic heterocycles. The fourth-order valence-corrected chi connectivity index (χ4v) is 4.34. The van der Waals surface area contributed by atoms with Gasteiger partial charge < -0.3 is 0 Å². The Bertz CT molecular complexity index is 134. The molecule has 0 amide bonds. The van der Waals surface area contributed by atoms with Crippen molar-refractivity contribution in [3.63, 3.8) is 0 Å².